The largest absolute Gasteiger partial charge is 0.442 e. The van der Waals surface area contributed by atoms with Crippen molar-refractivity contribution in [1.29, 1.82) is 0 Å². The Labute approximate surface area is 144 Å². The predicted molar refractivity (Wildman–Crippen MR) is 80.8 cm³/mol. The van der Waals surface area contributed by atoms with Gasteiger partial charge in [0.05, 0.1) is 6.54 Å². The average molecular weight is 380 g/mol. The average Bonchev–Trinajstić information content (AvgIpc) is 2.82. The summed E-state index contributed by atoms with van der Waals surface area (Å²) < 4.78 is 43.9. The number of hydrogen-bond acceptors (Lipinski definition) is 5. The minimum Gasteiger partial charge on any atom is -0.442 e. The van der Waals surface area contributed by atoms with Crippen LogP contribution in [0, 0.1) is 0 Å². The van der Waals surface area contributed by atoms with E-state index in [0.29, 0.717) is 19.8 Å². The number of halogens is 4. The molecule has 0 bridgehead atoms. The molecule has 1 N–H and O–H groups in total. The van der Waals surface area contributed by atoms with Gasteiger partial charge < -0.3 is 9.84 Å². The van der Waals surface area contributed by atoms with Gasteiger partial charge in [-0.15, -0.1) is 5.10 Å². The van der Waals surface area contributed by atoms with Crippen molar-refractivity contribution in [2.24, 2.45) is 0 Å². The minimum absolute atomic E-state index is 0.128. The maximum Gasteiger partial charge on any atom is 0.416 e. The van der Waals surface area contributed by atoms with E-state index >= 15 is 0 Å². The third-order valence-electron chi connectivity index (χ3n) is 3.15. The lowest BCUT2D eigenvalue weighted by Gasteiger charge is -2.15. The van der Waals surface area contributed by atoms with Crippen LogP contribution in [0.2, 0.25) is 5.02 Å². The van der Waals surface area contributed by atoms with Crippen molar-refractivity contribution in [2.75, 3.05) is 0 Å². The molecule has 2 aromatic rings. The SMILES string of the molecule is CC(=O)OCn1nc(-c2ccc(Cl)cc2)n(C[C@@H](O)C(F)(F)F)c1=O. The zero-order valence-electron chi connectivity index (χ0n) is 12.8. The number of aromatic nitrogens is 3. The first-order valence-corrected chi connectivity index (χ1v) is 7.29. The molecule has 0 unspecified atom stereocenters. The molecular weight excluding hydrogens is 367 g/mol. The van der Waals surface area contributed by atoms with Crippen molar-refractivity contribution >= 4 is 17.6 Å². The van der Waals surface area contributed by atoms with Gasteiger partial charge in [-0.1, -0.05) is 11.6 Å². The van der Waals surface area contributed by atoms with E-state index in [1.54, 1.807) is 0 Å². The fourth-order valence-electron chi connectivity index (χ4n) is 1.93. The molecule has 25 heavy (non-hydrogen) atoms. The van der Waals surface area contributed by atoms with E-state index in [9.17, 15) is 27.9 Å². The van der Waals surface area contributed by atoms with E-state index in [1.807, 2.05) is 0 Å². The molecule has 0 fully saturated rings. The van der Waals surface area contributed by atoms with Crippen LogP contribution < -0.4 is 5.69 Å². The number of aliphatic hydroxyl groups is 1. The smallest absolute Gasteiger partial charge is 0.416 e. The molecule has 11 heteroatoms. The summed E-state index contributed by atoms with van der Waals surface area (Å²) >= 11 is 5.76. The van der Waals surface area contributed by atoms with Crippen LogP contribution in [0.4, 0.5) is 13.2 Å². The molecule has 0 aliphatic carbocycles. The number of esters is 1. The van der Waals surface area contributed by atoms with Gasteiger partial charge in [0.1, 0.15) is 0 Å². The van der Waals surface area contributed by atoms with Crippen molar-refractivity contribution in [1.82, 2.24) is 14.3 Å². The number of benzene rings is 1. The van der Waals surface area contributed by atoms with Gasteiger partial charge in [0.15, 0.2) is 18.7 Å². The minimum atomic E-state index is -4.91. The van der Waals surface area contributed by atoms with Crippen molar-refractivity contribution in [3.05, 3.63) is 39.8 Å². The first kappa shape index (κ1) is 19.0. The fraction of sp³-hybridized carbons (Fsp3) is 0.357. The van der Waals surface area contributed by atoms with Gasteiger partial charge in [0.25, 0.3) is 0 Å². The Kier molecular flexibility index (Phi) is 5.53. The molecule has 1 atom stereocenters. The van der Waals surface area contributed by atoms with Crippen LogP contribution in [0.1, 0.15) is 6.92 Å². The van der Waals surface area contributed by atoms with Crippen LogP contribution in [0.25, 0.3) is 11.4 Å². The molecule has 0 spiro atoms. The van der Waals surface area contributed by atoms with Gasteiger partial charge in [0.2, 0.25) is 0 Å². The molecule has 136 valence electrons. The molecule has 1 aromatic heterocycles. The van der Waals surface area contributed by atoms with Gasteiger partial charge in [0, 0.05) is 17.5 Å². The highest BCUT2D eigenvalue weighted by molar-refractivity contribution is 6.30. The Hall–Kier alpha value is -2.33. The molecule has 7 nitrogen and oxygen atoms in total. The van der Waals surface area contributed by atoms with Crippen molar-refractivity contribution in [3.63, 3.8) is 0 Å². The third kappa shape index (κ3) is 4.60. The molecular formula is C14H13ClF3N3O4. The summed E-state index contributed by atoms with van der Waals surface area (Å²) in [5.74, 6) is -0.818. The van der Waals surface area contributed by atoms with Gasteiger partial charge in [-0.3, -0.25) is 9.36 Å². The quantitative estimate of drug-likeness (QED) is 0.801. The predicted octanol–water partition coefficient (Wildman–Crippen LogP) is 1.81. The Morgan fingerprint density at radius 3 is 2.48 bits per heavy atom. The summed E-state index contributed by atoms with van der Waals surface area (Å²) in [7, 11) is 0. The highest BCUT2D eigenvalue weighted by Crippen LogP contribution is 2.23. The van der Waals surface area contributed by atoms with Crippen LogP contribution in [0.15, 0.2) is 29.1 Å². The van der Waals surface area contributed by atoms with Crippen molar-refractivity contribution < 1.29 is 27.8 Å². The summed E-state index contributed by atoms with van der Waals surface area (Å²) in [6.45, 7) is -0.514. The number of nitrogens with zero attached hydrogens (tertiary/aromatic N) is 3. The van der Waals surface area contributed by atoms with Crippen LogP contribution in [0.3, 0.4) is 0 Å². The number of aliphatic hydroxyl groups excluding tert-OH is 1. The number of carbonyl (C=O) groups excluding carboxylic acids is 1. The van der Waals surface area contributed by atoms with E-state index in [2.05, 4.69) is 9.84 Å². The lowest BCUT2D eigenvalue weighted by molar-refractivity contribution is -0.207. The van der Waals surface area contributed by atoms with Gasteiger partial charge in [-0.05, 0) is 24.3 Å². The van der Waals surface area contributed by atoms with Gasteiger partial charge >= 0.3 is 17.8 Å². The summed E-state index contributed by atoms with van der Waals surface area (Å²) in [4.78, 5) is 23.1. The Morgan fingerprint density at radius 2 is 1.96 bits per heavy atom. The lowest BCUT2D eigenvalue weighted by atomic mass is 10.2. The number of hydrogen-bond donors (Lipinski definition) is 1. The second-order valence-corrected chi connectivity index (χ2v) is 5.48. The van der Waals surface area contributed by atoms with Crippen molar-refractivity contribution in [2.45, 2.75) is 32.5 Å². The molecule has 0 saturated heterocycles. The summed E-state index contributed by atoms with van der Waals surface area (Å²) in [5, 5.41) is 13.5. The second-order valence-electron chi connectivity index (χ2n) is 5.05. The molecule has 0 saturated carbocycles. The van der Waals surface area contributed by atoms with E-state index in [1.165, 1.54) is 24.3 Å². The normalized spacial score (nSPS) is 12.9. The summed E-state index contributed by atoms with van der Waals surface area (Å²) in [5.41, 5.74) is -0.660. The molecule has 2 rings (SSSR count). The van der Waals surface area contributed by atoms with Crippen LogP contribution in [0.5, 0.6) is 0 Å². The van der Waals surface area contributed by atoms with Crippen LogP contribution in [-0.2, 0) is 22.8 Å². The number of rotatable bonds is 5. The van der Waals surface area contributed by atoms with Crippen molar-refractivity contribution in [3.8, 4) is 11.4 Å². The Bertz CT molecular complexity index is 814. The van der Waals surface area contributed by atoms with E-state index in [4.69, 9.17) is 11.6 Å². The molecule has 0 radical (unpaired) electrons. The first-order chi connectivity index (χ1) is 11.6. The standard InChI is InChI=1S/C14H13ClF3N3O4/c1-8(22)25-7-21-13(24)20(6-11(23)14(16,17)18)12(19-21)9-2-4-10(15)5-3-9/h2-5,11,23H,6-7H2,1H3/t11-/m1/s1. The second kappa shape index (κ2) is 7.28. The summed E-state index contributed by atoms with van der Waals surface area (Å²) in [6, 6.07) is 5.85. The maximum absolute atomic E-state index is 12.6. The van der Waals surface area contributed by atoms with E-state index in [0.717, 1.165) is 6.92 Å². The Morgan fingerprint density at radius 1 is 1.36 bits per heavy atom. The Balaban J connectivity index is 2.48. The topological polar surface area (TPSA) is 86.3 Å². The van der Waals surface area contributed by atoms with Crippen LogP contribution >= 0.6 is 11.6 Å². The molecule has 1 aromatic carbocycles. The van der Waals surface area contributed by atoms with E-state index in [-0.39, 0.29) is 5.82 Å². The van der Waals surface area contributed by atoms with E-state index < -0.39 is 37.2 Å². The lowest BCUT2D eigenvalue weighted by Crippen LogP contribution is -2.37. The highest BCUT2D eigenvalue weighted by Gasteiger charge is 2.39. The zero-order chi connectivity index (χ0) is 18.8. The first-order valence-electron chi connectivity index (χ1n) is 6.91. The molecule has 0 aliphatic rings. The highest BCUT2D eigenvalue weighted by atomic mass is 35.5. The third-order valence-corrected chi connectivity index (χ3v) is 3.40. The monoisotopic (exact) mass is 379 g/mol. The fourth-order valence-corrected chi connectivity index (χ4v) is 2.06. The number of carbonyl (C=O) groups is 1. The number of alkyl halides is 3. The number of ether oxygens (including phenoxy) is 1. The van der Waals surface area contributed by atoms with Gasteiger partial charge in [-0.25, -0.2) is 4.79 Å². The molecule has 0 amide bonds. The molecule has 0 aliphatic heterocycles. The zero-order valence-corrected chi connectivity index (χ0v) is 13.6. The van der Waals surface area contributed by atoms with Gasteiger partial charge in [-0.2, -0.15) is 17.9 Å². The maximum atomic E-state index is 12.6. The molecule has 1 heterocycles. The summed E-state index contributed by atoms with van der Waals surface area (Å²) in [6.07, 6.45) is -7.67. The van der Waals surface area contributed by atoms with Crippen LogP contribution in [-0.4, -0.2) is 37.7 Å².